The van der Waals surface area contributed by atoms with Gasteiger partial charge in [0.15, 0.2) is 11.5 Å². The molecule has 3 rings (SSSR count). The van der Waals surface area contributed by atoms with Gasteiger partial charge in [0.05, 0.1) is 6.61 Å². The Balaban J connectivity index is 1.72. The summed E-state index contributed by atoms with van der Waals surface area (Å²) in [5.41, 5.74) is 1.85. The second-order valence-electron chi connectivity index (χ2n) is 7.53. The molecule has 1 aliphatic carbocycles. The summed E-state index contributed by atoms with van der Waals surface area (Å²) in [4.78, 5) is 12.5. The molecule has 0 bridgehead atoms. The van der Waals surface area contributed by atoms with E-state index in [0.717, 1.165) is 41.3 Å². The maximum atomic E-state index is 12.5. The topological polar surface area (TPSA) is 71.3 Å². The van der Waals surface area contributed by atoms with Gasteiger partial charge in [-0.2, -0.15) is 5.26 Å². The van der Waals surface area contributed by atoms with E-state index >= 15 is 0 Å². The number of ether oxygens (including phenoxy) is 2. The number of benzene rings is 2. The molecule has 0 aromatic heterocycles. The Morgan fingerprint density at radius 3 is 2.55 bits per heavy atom. The van der Waals surface area contributed by atoms with Crippen molar-refractivity contribution in [1.29, 1.82) is 5.26 Å². The number of hydrogen-bond donors (Lipinski definition) is 1. The molecule has 0 aliphatic heterocycles. The third-order valence-corrected chi connectivity index (χ3v) is 5.72. The molecule has 1 aliphatic rings. The first-order valence-electron chi connectivity index (χ1n) is 10.7. The van der Waals surface area contributed by atoms with Gasteiger partial charge in [0.2, 0.25) is 0 Å². The Morgan fingerprint density at radius 2 is 1.87 bits per heavy atom. The fraction of sp³-hybridized carbons (Fsp3) is 0.360. The molecule has 1 N–H and O–H groups in total. The van der Waals surface area contributed by atoms with Crippen LogP contribution in [-0.2, 0) is 11.4 Å². The highest BCUT2D eigenvalue weighted by atomic mass is 79.9. The number of carbonyl (C=O) groups is 1. The van der Waals surface area contributed by atoms with E-state index in [-0.39, 0.29) is 17.5 Å². The highest BCUT2D eigenvalue weighted by Gasteiger charge is 2.18. The van der Waals surface area contributed by atoms with Gasteiger partial charge in [0.25, 0.3) is 5.91 Å². The third-order valence-electron chi connectivity index (χ3n) is 5.19. The van der Waals surface area contributed by atoms with E-state index in [1.807, 2.05) is 49.4 Å². The zero-order valence-corrected chi connectivity index (χ0v) is 19.3. The van der Waals surface area contributed by atoms with Gasteiger partial charge in [0, 0.05) is 10.5 Å². The summed E-state index contributed by atoms with van der Waals surface area (Å²) < 4.78 is 12.7. The van der Waals surface area contributed by atoms with Gasteiger partial charge >= 0.3 is 0 Å². The van der Waals surface area contributed by atoms with Crippen molar-refractivity contribution in [3.05, 3.63) is 63.6 Å². The molecule has 2 aromatic rings. The van der Waals surface area contributed by atoms with E-state index in [0.29, 0.717) is 24.7 Å². The van der Waals surface area contributed by atoms with Crippen molar-refractivity contribution >= 4 is 27.9 Å². The molecule has 0 spiro atoms. The Labute approximate surface area is 192 Å². The molecule has 5 nitrogen and oxygen atoms in total. The first-order chi connectivity index (χ1) is 15.1. The number of carbonyl (C=O) groups excluding carboxylic acids is 1. The Kier molecular flexibility index (Phi) is 8.54. The second kappa shape index (κ2) is 11.6. The number of hydrogen-bond acceptors (Lipinski definition) is 4. The van der Waals surface area contributed by atoms with Crippen molar-refractivity contribution < 1.29 is 14.3 Å². The van der Waals surface area contributed by atoms with E-state index in [1.165, 1.54) is 6.42 Å². The summed E-state index contributed by atoms with van der Waals surface area (Å²) in [5.74, 6) is 0.883. The first kappa shape index (κ1) is 22.9. The average molecular weight is 483 g/mol. The lowest BCUT2D eigenvalue weighted by molar-refractivity contribution is -0.117. The van der Waals surface area contributed by atoms with E-state index < -0.39 is 0 Å². The number of rotatable bonds is 8. The fourth-order valence-electron chi connectivity index (χ4n) is 3.57. The van der Waals surface area contributed by atoms with Crippen LogP contribution in [0.2, 0.25) is 0 Å². The number of amides is 1. The number of nitrogens with zero attached hydrogens (tertiary/aromatic N) is 1. The van der Waals surface area contributed by atoms with Crippen LogP contribution in [0.4, 0.5) is 0 Å². The van der Waals surface area contributed by atoms with Crippen LogP contribution < -0.4 is 14.8 Å². The first-order valence-corrected chi connectivity index (χ1v) is 11.4. The monoisotopic (exact) mass is 482 g/mol. The van der Waals surface area contributed by atoms with Crippen LogP contribution in [0.15, 0.2) is 52.5 Å². The summed E-state index contributed by atoms with van der Waals surface area (Å²) in [6.45, 7) is 2.80. The minimum atomic E-state index is -0.317. The van der Waals surface area contributed by atoms with Crippen LogP contribution in [0.25, 0.3) is 6.08 Å². The minimum Gasteiger partial charge on any atom is -0.490 e. The molecule has 0 unspecified atom stereocenters. The summed E-state index contributed by atoms with van der Waals surface area (Å²) in [7, 11) is 0. The van der Waals surface area contributed by atoms with Crippen LogP contribution in [-0.4, -0.2) is 18.6 Å². The average Bonchev–Trinajstić information content (AvgIpc) is 2.79. The SMILES string of the molecule is CCOc1cc(/C=C(/C#N)C(=O)NC2CCCCC2)ccc1OCc1ccc(Br)cc1. The maximum absolute atomic E-state index is 12.5. The molecule has 6 heteroatoms. The van der Waals surface area contributed by atoms with Crippen molar-refractivity contribution in [2.75, 3.05) is 6.61 Å². The van der Waals surface area contributed by atoms with E-state index in [9.17, 15) is 10.1 Å². The Morgan fingerprint density at radius 1 is 1.13 bits per heavy atom. The fourth-order valence-corrected chi connectivity index (χ4v) is 3.83. The molecule has 162 valence electrons. The highest BCUT2D eigenvalue weighted by Crippen LogP contribution is 2.30. The molecule has 1 fully saturated rings. The van der Waals surface area contributed by atoms with Crippen molar-refractivity contribution in [3.8, 4) is 17.6 Å². The molecule has 31 heavy (non-hydrogen) atoms. The summed E-state index contributed by atoms with van der Waals surface area (Å²) in [5, 5.41) is 12.5. The standard InChI is InChI=1S/C25H27BrN2O3/c1-2-30-24-15-19(10-13-23(24)31-17-18-8-11-21(26)12-9-18)14-20(16-27)25(29)28-22-6-4-3-5-7-22/h8-15,22H,2-7,17H2,1H3,(H,28,29)/b20-14-. The smallest absolute Gasteiger partial charge is 0.262 e. The molecule has 0 radical (unpaired) electrons. The quantitative estimate of drug-likeness (QED) is 0.382. The zero-order valence-electron chi connectivity index (χ0n) is 17.7. The van der Waals surface area contributed by atoms with Crippen LogP contribution in [0.3, 0.4) is 0 Å². The van der Waals surface area contributed by atoms with Crippen LogP contribution in [0.5, 0.6) is 11.5 Å². The summed E-state index contributed by atoms with van der Waals surface area (Å²) in [6.07, 6.45) is 7.00. The zero-order chi connectivity index (χ0) is 22.1. The Hall–Kier alpha value is -2.78. The lowest BCUT2D eigenvalue weighted by atomic mass is 9.95. The second-order valence-corrected chi connectivity index (χ2v) is 8.45. The van der Waals surface area contributed by atoms with Crippen LogP contribution >= 0.6 is 15.9 Å². The van der Waals surface area contributed by atoms with Gasteiger partial charge in [-0.05, 0) is 61.2 Å². The van der Waals surface area contributed by atoms with Crippen LogP contribution in [0, 0.1) is 11.3 Å². The minimum absolute atomic E-state index is 0.0940. The molecule has 0 atom stereocenters. The molecule has 0 saturated heterocycles. The predicted molar refractivity (Wildman–Crippen MR) is 125 cm³/mol. The van der Waals surface area contributed by atoms with Crippen molar-refractivity contribution in [2.45, 2.75) is 51.7 Å². The van der Waals surface area contributed by atoms with Crippen molar-refractivity contribution in [3.63, 3.8) is 0 Å². The van der Waals surface area contributed by atoms with Crippen LogP contribution in [0.1, 0.15) is 50.2 Å². The summed E-state index contributed by atoms with van der Waals surface area (Å²) in [6, 6.07) is 15.5. The van der Waals surface area contributed by atoms with E-state index in [2.05, 4.69) is 21.2 Å². The largest absolute Gasteiger partial charge is 0.490 e. The molecule has 2 aromatic carbocycles. The molecular weight excluding hydrogens is 456 g/mol. The van der Waals surface area contributed by atoms with E-state index in [1.54, 1.807) is 12.1 Å². The molecular formula is C25H27BrN2O3. The maximum Gasteiger partial charge on any atom is 0.262 e. The van der Waals surface area contributed by atoms with Crippen molar-refractivity contribution in [1.82, 2.24) is 5.32 Å². The molecule has 1 saturated carbocycles. The molecule has 0 heterocycles. The lowest BCUT2D eigenvalue weighted by Crippen LogP contribution is -2.36. The number of nitrogens with one attached hydrogen (secondary N) is 1. The molecule has 1 amide bonds. The predicted octanol–water partition coefficient (Wildman–Crippen LogP) is 5.78. The lowest BCUT2D eigenvalue weighted by Gasteiger charge is -2.22. The highest BCUT2D eigenvalue weighted by molar-refractivity contribution is 9.10. The van der Waals surface area contributed by atoms with Crippen molar-refractivity contribution in [2.24, 2.45) is 0 Å². The van der Waals surface area contributed by atoms with Gasteiger partial charge in [-0.1, -0.05) is 53.4 Å². The van der Waals surface area contributed by atoms with Gasteiger partial charge < -0.3 is 14.8 Å². The third kappa shape index (κ3) is 6.86. The van der Waals surface area contributed by atoms with Gasteiger partial charge in [-0.3, -0.25) is 4.79 Å². The van der Waals surface area contributed by atoms with E-state index in [4.69, 9.17) is 9.47 Å². The Bertz CT molecular complexity index is 958. The summed E-state index contributed by atoms with van der Waals surface area (Å²) >= 11 is 3.43. The van der Waals surface area contributed by atoms with Gasteiger partial charge in [-0.25, -0.2) is 0 Å². The van der Waals surface area contributed by atoms with Gasteiger partial charge in [0.1, 0.15) is 18.2 Å². The van der Waals surface area contributed by atoms with Gasteiger partial charge in [-0.15, -0.1) is 0 Å². The normalized spacial score (nSPS) is 14.5. The number of nitriles is 1. The number of halogens is 1.